The number of ether oxygens (including phenoxy) is 2. The molecule has 5 nitrogen and oxygen atoms in total. The summed E-state index contributed by atoms with van der Waals surface area (Å²) in [5.41, 5.74) is 3.28. The first-order chi connectivity index (χ1) is 15.2. The van der Waals surface area contributed by atoms with Crippen molar-refractivity contribution in [2.24, 2.45) is 0 Å². The lowest BCUT2D eigenvalue weighted by molar-refractivity contribution is 0.0617. The van der Waals surface area contributed by atoms with Crippen molar-refractivity contribution in [1.29, 1.82) is 0 Å². The molecule has 0 unspecified atom stereocenters. The van der Waals surface area contributed by atoms with Crippen LogP contribution in [0.5, 0.6) is 0 Å². The summed E-state index contributed by atoms with van der Waals surface area (Å²) in [6.07, 6.45) is 1.98. The molecule has 31 heavy (non-hydrogen) atoms. The summed E-state index contributed by atoms with van der Waals surface area (Å²) in [7, 11) is 1.69. The van der Waals surface area contributed by atoms with Crippen LogP contribution in [-0.4, -0.2) is 50.3 Å². The minimum atomic E-state index is 0.0521. The molecule has 0 spiro atoms. The number of amides is 1. The number of thiophene rings is 1. The second-order valence-electron chi connectivity index (χ2n) is 8.10. The third kappa shape index (κ3) is 6.14. The molecule has 164 valence electrons. The van der Waals surface area contributed by atoms with Crippen LogP contribution in [0.4, 0.5) is 0 Å². The molecule has 0 saturated carbocycles. The van der Waals surface area contributed by atoms with Gasteiger partial charge in [-0.15, -0.1) is 0 Å². The monoisotopic (exact) mass is 438 g/mol. The number of hydrogen-bond donors (Lipinski definition) is 1. The zero-order chi connectivity index (χ0) is 21.5. The van der Waals surface area contributed by atoms with Gasteiger partial charge in [-0.2, -0.15) is 11.3 Å². The Balaban J connectivity index is 1.29. The Hall–Kier alpha value is -2.25. The van der Waals surface area contributed by atoms with Crippen molar-refractivity contribution in [3.8, 4) is 0 Å². The number of carbonyl (C=O) groups is 1. The van der Waals surface area contributed by atoms with Crippen molar-refractivity contribution < 1.29 is 14.3 Å². The molecule has 2 aromatic carbocycles. The lowest BCUT2D eigenvalue weighted by Crippen LogP contribution is -2.44. The molecule has 1 aromatic heterocycles. The zero-order valence-electron chi connectivity index (χ0n) is 18.0. The van der Waals surface area contributed by atoms with E-state index in [4.69, 9.17) is 9.47 Å². The Kier molecular flexibility index (Phi) is 7.70. The predicted molar refractivity (Wildman–Crippen MR) is 126 cm³/mol. The van der Waals surface area contributed by atoms with E-state index in [2.05, 4.69) is 46.6 Å². The highest BCUT2D eigenvalue weighted by molar-refractivity contribution is 7.08. The second-order valence-corrected chi connectivity index (χ2v) is 8.88. The van der Waals surface area contributed by atoms with E-state index in [1.54, 1.807) is 18.4 Å². The molecule has 3 aromatic rings. The summed E-state index contributed by atoms with van der Waals surface area (Å²) in [6, 6.07) is 15.4. The maximum Gasteiger partial charge on any atom is 0.252 e. The first kappa shape index (κ1) is 22.0. The zero-order valence-corrected chi connectivity index (χ0v) is 18.8. The minimum Gasteiger partial charge on any atom is -0.382 e. The fraction of sp³-hybridized carbons (Fsp3) is 0.400. The van der Waals surface area contributed by atoms with E-state index in [1.807, 2.05) is 16.8 Å². The smallest absolute Gasteiger partial charge is 0.252 e. The Labute approximate surface area is 188 Å². The highest BCUT2D eigenvalue weighted by Gasteiger charge is 2.21. The summed E-state index contributed by atoms with van der Waals surface area (Å²) in [5.74, 6) is 0.0521. The third-order valence-electron chi connectivity index (χ3n) is 5.78. The molecule has 1 N–H and O–H groups in total. The van der Waals surface area contributed by atoms with Gasteiger partial charge in [0.25, 0.3) is 5.91 Å². The molecule has 0 bridgehead atoms. The van der Waals surface area contributed by atoms with E-state index >= 15 is 0 Å². The molecule has 0 radical (unpaired) electrons. The number of rotatable bonds is 9. The van der Waals surface area contributed by atoms with Gasteiger partial charge in [0.2, 0.25) is 0 Å². The van der Waals surface area contributed by atoms with Crippen LogP contribution in [0.1, 0.15) is 34.3 Å². The number of likely N-dealkylation sites (tertiary alicyclic amines) is 1. The van der Waals surface area contributed by atoms with Gasteiger partial charge in [0.05, 0.1) is 19.8 Å². The van der Waals surface area contributed by atoms with E-state index in [1.165, 1.54) is 21.9 Å². The molecule has 2 heterocycles. The second kappa shape index (κ2) is 10.9. The molecule has 0 aliphatic carbocycles. The van der Waals surface area contributed by atoms with Crippen molar-refractivity contribution in [3.05, 3.63) is 69.9 Å². The van der Waals surface area contributed by atoms with Gasteiger partial charge in [-0.25, -0.2) is 0 Å². The molecule has 6 heteroatoms. The summed E-state index contributed by atoms with van der Waals surface area (Å²) in [6.45, 7) is 4.77. The van der Waals surface area contributed by atoms with Gasteiger partial charge in [0.1, 0.15) is 0 Å². The average molecular weight is 439 g/mol. The van der Waals surface area contributed by atoms with Crippen molar-refractivity contribution in [2.45, 2.75) is 32.0 Å². The lowest BCUT2D eigenvalue weighted by atomic mass is 10.0. The van der Waals surface area contributed by atoms with Crippen LogP contribution in [0.2, 0.25) is 0 Å². The molecule has 1 aliphatic rings. The molecule has 1 amide bonds. The van der Waals surface area contributed by atoms with Crippen LogP contribution in [0.15, 0.2) is 53.2 Å². The Morgan fingerprint density at radius 3 is 2.58 bits per heavy atom. The minimum absolute atomic E-state index is 0.0521. The summed E-state index contributed by atoms with van der Waals surface area (Å²) >= 11 is 1.56. The van der Waals surface area contributed by atoms with Crippen LogP contribution in [-0.2, 0) is 22.6 Å². The number of nitrogens with zero attached hydrogens (tertiary/aromatic N) is 1. The van der Waals surface area contributed by atoms with Crippen molar-refractivity contribution in [2.75, 3.05) is 33.4 Å². The SMILES string of the molecule is COCCOCc1ccc2ccc(CN3CCC(NC(=O)c4ccsc4)CC3)cc2c1. The predicted octanol–water partition coefficient (Wildman–Crippen LogP) is 4.46. The number of benzene rings is 2. The van der Waals surface area contributed by atoms with Gasteiger partial charge in [0.15, 0.2) is 0 Å². The lowest BCUT2D eigenvalue weighted by Gasteiger charge is -2.32. The number of carbonyl (C=O) groups excluding carboxylic acids is 1. The van der Waals surface area contributed by atoms with Gasteiger partial charge in [-0.05, 0) is 58.3 Å². The van der Waals surface area contributed by atoms with Gasteiger partial charge in [-0.1, -0.05) is 24.3 Å². The number of fused-ring (bicyclic) bond motifs is 1. The van der Waals surface area contributed by atoms with Gasteiger partial charge >= 0.3 is 0 Å². The maximum atomic E-state index is 12.3. The van der Waals surface area contributed by atoms with Gasteiger partial charge in [0, 0.05) is 43.7 Å². The summed E-state index contributed by atoms with van der Waals surface area (Å²) < 4.78 is 10.7. The number of nitrogens with one attached hydrogen (secondary N) is 1. The van der Waals surface area contributed by atoms with Crippen molar-refractivity contribution >= 4 is 28.0 Å². The Bertz CT molecular complexity index is 982. The molecule has 4 rings (SSSR count). The standard InChI is InChI=1S/C25H30N2O3S/c1-29-11-12-30-17-20-3-5-21-4-2-19(14-23(21)15-20)16-27-9-6-24(7-10-27)26-25(28)22-8-13-31-18-22/h2-5,8,13-15,18,24H,6-7,9-12,16-17H2,1H3,(H,26,28). The molecular weight excluding hydrogens is 408 g/mol. The molecule has 0 atom stereocenters. The van der Waals surface area contributed by atoms with E-state index in [9.17, 15) is 4.79 Å². The highest BCUT2D eigenvalue weighted by Crippen LogP contribution is 2.21. The molecule has 1 fully saturated rings. The van der Waals surface area contributed by atoms with Gasteiger partial charge in [-0.3, -0.25) is 9.69 Å². The Morgan fingerprint density at radius 2 is 1.84 bits per heavy atom. The third-order valence-corrected chi connectivity index (χ3v) is 6.47. The Morgan fingerprint density at radius 1 is 1.06 bits per heavy atom. The number of hydrogen-bond acceptors (Lipinski definition) is 5. The quantitative estimate of drug-likeness (QED) is 0.501. The number of piperidine rings is 1. The first-order valence-corrected chi connectivity index (χ1v) is 11.8. The summed E-state index contributed by atoms with van der Waals surface area (Å²) in [5, 5.41) is 9.53. The van der Waals surface area contributed by atoms with Crippen LogP contribution < -0.4 is 5.32 Å². The molecule has 1 saturated heterocycles. The fourth-order valence-corrected chi connectivity index (χ4v) is 4.66. The van der Waals surface area contributed by atoms with Crippen LogP contribution >= 0.6 is 11.3 Å². The van der Waals surface area contributed by atoms with E-state index in [-0.39, 0.29) is 11.9 Å². The van der Waals surface area contributed by atoms with E-state index < -0.39 is 0 Å². The van der Waals surface area contributed by atoms with E-state index in [0.29, 0.717) is 19.8 Å². The number of methoxy groups -OCH3 is 1. The van der Waals surface area contributed by atoms with Crippen molar-refractivity contribution in [3.63, 3.8) is 0 Å². The molecular formula is C25H30N2O3S. The average Bonchev–Trinajstić information content (AvgIpc) is 3.33. The topological polar surface area (TPSA) is 50.8 Å². The largest absolute Gasteiger partial charge is 0.382 e. The van der Waals surface area contributed by atoms with Crippen LogP contribution in [0, 0.1) is 0 Å². The van der Waals surface area contributed by atoms with Crippen LogP contribution in [0.3, 0.4) is 0 Å². The van der Waals surface area contributed by atoms with Gasteiger partial charge < -0.3 is 14.8 Å². The van der Waals surface area contributed by atoms with E-state index in [0.717, 1.165) is 38.0 Å². The normalized spacial score (nSPS) is 15.4. The fourth-order valence-electron chi connectivity index (χ4n) is 4.02. The maximum absolute atomic E-state index is 12.3. The molecule has 1 aliphatic heterocycles. The van der Waals surface area contributed by atoms with Crippen LogP contribution in [0.25, 0.3) is 10.8 Å². The van der Waals surface area contributed by atoms with Crippen molar-refractivity contribution in [1.82, 2.24) is 10.2 Å². The first-order valence-electron chi connectivity index (χ1n) is 10.8. The summed E-state index contributed by atoms with van der Waals surface area (Å²) in [4.78, 5) is 14.7. The highest BCUT2D eigenvalue weighted by atomic mass is 32.1.